The monoisotopic (exact) mass is 350 g/mol. The molecule has 0 saturated carbocycles. The van der Waals surface area contributed by atoms with Gasteiger partial charge in [0.25, 0.3) is 5.91 Å². The number of carbonyl (C=O) groups is 1. The Morgan fingerprint density at radius 3 is 2.50 bits per heavy atom. The molecule has 2 saturated heterocycles. The molecule has 0 aromatic carbocycles. The first kappa shape index (κ1) is 17.0. The second kappa shape index (κ2) is 6.95. The molecule has 0 aliphatic carbocycles. The van der Waals surface area contributed by atoms with Gasteiger partial charge in [0.2, 0.25) is 0 Å². The molecule has 24 heavy (non-hydrogen) atoms. The fourth-order valence-electron chi connectivity index (χ4n) is 3.50. The SMILES string of the molecule is N#Cc1c[nH]c(C(=O)NC2CCN(C3CCS(=O)(=O)CC3)CC2)c1. The Hall–Kier alpha value is -1.85. The molecule has 2 aliphatic heterocycles. The van der Waals surface area contributed by atoms with E-state index in [0.29, 0.717) is 28.8 Å². The summed E-state index contributed by atoms with van der Waals surface area (Å²) in [7, 11) is -2.82. The number of hydrogen-bond acceptors (Lipinski definition) is 5. The van der Waals surface area contributed by atoms with Crippen molar-refractivity contribution in [3.05, 3.63) is 23.5 Å². The van der Waals surface area contributed by atoms with Crippen LogP contribution in [-0.2, 0) is 9.84 Å². The van der Waals surface area contributed by atoms with Crippen molar-refractivity contribution in [1.29, 1.82) is 5.26 Å². The highest BCUT2D eigenvalue weighted by atomic mass is 32.2. The number of aromatic amines is 1. The minimum Gasteiger partial charge on any atom is -0.356 e. The van der Waals surface area contributed by atoms with Crippen molar-refractivity contribution < 1.29 is 13.2 Å². The van der Waals surface area contributed by atoms with Gasteiger partial charge in [0, 0.05) is 31.4 Å². The topological polar surface area (TPSA) is 106 Å². The maximum atomic E-state index is 12.2. The minimum absolute atomic E-state index is 0.120. The van der Waals surface area contributed by atoms with Crippen LogP contribution in [0.2, 0.25) is 0 Å². The van der Waals surface area contributed by atoms with Crippen LogP contribution in [0, 0.1) is 11.3 Å². The van der Waals surface area contributed by atoms with E-state index in [9.17, 15) is 13.2 Å². The number of piperidine rings is 1. The predicted molar refractivity (Wildman–Crippen MR) is 89.2 cm³/mol. The number of H-pyrrole nitrogens is 1. The molecule has 0 unspecified atom stereocenters. The van der Waals surface area contributed by atoms with Crippen molar-refractivity contribution in [3.8, 4) is 6.07 Å². The summed E-state index contributed by atoms with van der Waals surface area (Å²) in [5.74, 6) is 0.406. The zero-order chi connectivity index (χ0) is 17.2. The van der Waals surface area contributed by atoms with Gasteiger partial charge in [-0.2, -0.15) is 5.26 Å². The van der Waals surface area contributed by atoms with Gasteiger partial charge in [-0.15, -0.1) is 0 Å². The molecule has 2 N–H and O–H groups in total. The highest BCUT2D eigenvalue weighted by molar-refractivity contribution is 7.91. The molecule has 8 heteroatoms. The summed E-state index contributed by atoms with van der Waals surface area (Å²) in [6, 6.07) is 4.02. The maximum absolute atomic E-state index is 12.2. The summed E-state index contributed by atoms with van der Waals surface area (Å²) in [6.45, 7) is 1.76. The molecule has 2 aliphatic rings. The largest absolute Gasteiger partial charge is 0.356 e. The zero-order valence-corrected chi connectivity index (χ0v) is 14.3. The van der Waals surface area contributed by atoms with Gasteiger partial charge >= 0.3 is 0 Å². The average Bonchev–Trinajstić information content (AvgIpc) is 3.05. The van der Waals surface area contributed by atoms with Gasteiger partial charge < -0.3 is 15.2 Å². The van der Waals surface area contributed by atoms with Crippen LogP contribution in [0.1, 0.15) is 41.7 Å². The lowest BCUT2D eigenvalue weighted by Crippen LogP contribution is -2.49. The molecule has 2 fully saturated rings. The fraction of sp³-hybridized carbons (Fsp3) is 0.625. The van der Waals surface area contributed by atoms with Gasteiger partial charge in [0.15, 0.2) is 0 Å². The Morgan fingerprint density at radius 2 is 1.92 bits per heavy atom. The van der Waals surface area contributed by atoms with E-state index in [4.69, 9.17) is 5.26 Å². The molecule has 130 valence electrons. The molecule has 0 bridgehead atoms. The van der Waals surface area contributed by atoms with Gasteiger partial charge in [0.1, 0.15) is 21.6 Å². The van der Waals surface area contributed by atoms with Gasteiger partial charge in [-0.05, 0) is 31.7 Å². The van der Waals surface area contributed by atoms with Crippen LogP contribution < -0.4 is 5.32 Å². The van der Waals surface area contributed by atoms with E-state index < -0.39 is 9.84 Å². The van der Waals surface area contributed by atoms with E-state index in [0.717, 1.165) is 38.8 Å². The fourth-order valence-corrected chi connectivity index (χ4v) is 4.97. The molecule has 1 amide bonds. The van der Waals surface area contributed by atoms with E-state index in [1.807, 2.05) is 6.07 Å². The summed E-state index contributed by atoms with van der Waals surface area (Å²) in [5, 5.41) is 11.8. The number of likely N-dealkylation sites (tertiary alicyclic amines) is 1. The Bertz CT molecular complexity index is 728. The van der Waals surface area contributed by atoms with Crippen LogP contribution >= 0.6 is 0 Å². The van der Waals surface area contributed by atoms with Gasteiger partial charge in [-0.1, -0.05) is 0 Å². The number of aromatic nitrogens is 1. The molecule has 1 aromatic rings. The quantitative estimate of drug-likeness (QED) is 0.833. The van der Waals surface area contributed by atoms with E-state index in [1.54, 1.807) is 6.07 Å². The maximum Gasteiger partial charge on any atom is 0.267 e. The zero-order valence-electron chi connectivity index (χ0n) is 13.5. The van der Waals surface area contributed by atoms with Gasteiger partial charge in [-0.3, -0.25) is 4.79 Å². The van der Waals surface area contributed by atoms with Crippen LogP contribution in [0.15, 0.2) is 12.3 Å². The molecule has 7 nitrogen and oxygen atoms in total. The van der Waals surface area contributed by atoms with Gasteiger partial charge in [0.05, 0.1) is 17.1 Å². The Labute approximate surface area is 141 Å². The number of nitrogens with zero attached hydrogens (tertiary/aromatic N) is 2. The highest BCUT2D eigenvalue weighted by Crippen LogP contribution is 2.22. The van der Waals surface area contributed by atoms with Crippen LogP contribution in [0.5, 0.6) is 0 Å². The Morgan fingerprint density at radius 1 is 1.25 bits per heavy atom. The van der Waals surface area contributed by atoms with Gasteiger partial charge in [-0.25, -0.2) is 8.42 Å². The number of nitrogens with one attached hydrogen (secondary N) is 2. The molecular formula is C16H22N4O3S. The molecular weight excluding hydrogens is 328 g/mol. The number of rotatable bonds is 3. The summed E-state index contributed by atoms with van der Waals surface area (Å²) < 4.78 is 23.0. The van der Waals surface area contributed by atoms with E-state index in [1.165, 1.54) is 6.20 Å². The predicted octanol–water partition coefficient (Wildman–Crippen LogP) is 0.658. The lowest BCUT2D eigenvalue weighted by molar-refractivity contribution is 0.0881. The number of nitriles is 1. The minimum atomic E-state index is -2.82. The second-order valence-electron chi connectivity index (χ2n) is 6.58. The third-order valence-electron chi connectivity index (χ3n) is 4.96. The molecule has 0 atom stereocenters. The van der Waals surface area contributed by atoms with Crippen LogP contribution in [-0.4, -0.2) is 60.9 Å². The third kappa shape index (κ3) is 3.97. The van der Waals surface area contributed by atoms with Crippen LogP contribution in [0.4, 0.5) is 0 Å². The van der Waals surface area contributed by atoms with Crippen molar-refractivity contribution in [1.82, 2.24) is 15.2 Å². The van der Waals surface area contributed by atoms with Crippen molar-refractivity contribution in [2.45, 2.75) is 37.8 Å². The Balaban J connectivity index is 1.47. The number of sulfone groups is 1. The summed E-state index contributed by atoms with van der Waals surface area (Å²) in [4.78, 5) is 17.3. The van der Waals surface area contributed by atoms with E-state index in [-0.39, 0.29) is 11.9 Å². The second-order valence-corrected chi connectivity index (χ2v) is 8.88. The Kier molecular flexibility index (Phi) is 4.92. The highest BCUT2D eigenvalue weighted by Gasteiger charge is 2.30. The average molecular weight is 350 g/mol. The molecule has 3 heterocycles. The summed E-state index contributed by atoms with van der Waals surface area (Å²) in [5.41, 5.74) is 0.855. The van der Waals surface area contributed by atoms with E-state index in [2.05, 4.69) is 15.2 Å². The first-order valence-corrected chi connectivity index (χ1v) is 10.1. The standard InChI is InChI=1S/C16H22N4O3S/c17-10-12-9-15(18-11-12)16(21)19-13-1-5-20(6-2-13)14-3-7-24(22,23)8-4-14/h9,11,13-14,18H,1-8H2,(H,19,21). The van der Waals surface area contributed by atoms with Crippen LogP contribution in [0.3, 0.4) is 0 Å². The summed E-state index contributed by atoms with van der Waals surface area (Å²) in [6.07, 6.45) is 4.69. The van der Waals surface area contributed by atoms with Crippen LogP contribution in [0.25, 0.3) is 0 Å². The number of amides is 1. The normalized spacial score (nSPS) is 22.8. The van der Waals surface area contributed by atoms with Crippen molar-refractivity contribution in [2.75, 3.05) is 24.6 Å². The lowest BCUT2D eigenvalue weighted by Gasteiger charge is -2.39. The lowest BCUT2D eigenvalue weighted by atomic mass is 10.0. The first-order chi connectivity index (χ1) is 11.5. The smallest absolute Gasteiger partial charge is 0.267 e. The number of carbonyl (C=O) groups excluding carboxylic acids is 1. The van der Waals surface area contributed by atoms with Crippen molar-refractivity contribution in [2.24, 2.45) is 0 Å². The molecule has 3 rings (SSSR count). The molecule has 1 aromatic heterocycles. The van der Waals surface area contributed by atoms with Crippen molar-refractivity contribution >= 4 is 15.7 Å². The third-order valence-corrected chi connectivity index (χ3v) is 6.68. The number of hydrogen-bond donors (Lipinski definition) is 2. The van der Waals surface area contributed by atoms with E-state index >= 15 is 0 Å². The first-order valence-electron chi connectivity index (χ1n) is 8.31. The summed E-state index contributed by atoms with van der Waals surface area (Å²) >= 11 is 0. The van der Waals surface area contributed by atoms with Crippen molar-refractivity contribution in [3.63, 3.8) is 0 Å². The molecule has 0 radical (unpaired) electrons. The molecule has 0 spiro atoms.